The summed E-state index contributed by atoms with van der Waals surface area (Å²) in [6.45, 7) is 3.47. The lowest BCUT2D eigenvalue weighted by Crippen LogP contribution is -2.00. The second-order valence-electron chi connectivity index (χ2n) is 3.67. The fourth-order valence-corrected chi connectivity index (χ4v) is 1.59. The zero-order chi connectivity index (χ0) is 11.9. The van der Waals surface area contributed by atoms with E-state index in [0.717, 1.165) is 18.0 Å². The van der Waals surface area contributed by atoms with E-state index in [-0.39, 0.29) is 0 Å². The molecule has 0 fully saturated rings. The molecule has 0 amide bonds. The van der Waals surface area contributed by atoms with Gasteiger partial charge in [0, 0.05) is 24.6 Å². The average molecular weight is 228 g/mol. The Bertz CT molecular complexity index is 457. The molecular formula is C14H16N2O. The minimum atomic E-state index is 0.696. The van der Waals surface area contributed by atoms with Crippen LogP contribution in [0.2, 0.25) is 0 Å². The number of benzene rings is 1. The van der Waals surface area contributed by atoms with E-state index in [4.69, 9.17) is 4.74 Å². The summed E-state index contributed by atoms with van der Waals surface area (Å²) < 4.78 is 5.46. The van der Waals surface area contributed by atoms with Crippen molar-refractivity contribution in [1.29, 1.82) is 0 Å². The van der Waals surface area contributed by atoms with E-state index in [1.54, 1.807) is 12.4 Å². The van der Waals surface area contributed by atoms with Crippen molar-refractivity contribution in [3.8, 4) is 5.75 Å². The van der Waals surface area contributed by atoms with Gasteiger partial charge < -0.3 is 10.1 Å². The molecule has 1 aromatic carbocycles. The van der Waals surface area contributed by atoms with Crippen LogP contribution in [0, 0.1) is 0 Å². The van der Waals surface area contributed by atoms with E-state index < -0.39 is 0 Å². The predicted molar refractivity (Wildman–Crippen MR) is 69.2 cm³/mol. The van der Waals surface area contributed by atoms with E-state index in [0.29, 0.717) is 6.61 Å². The molecular weight excluding hydrogens is 212 g/mol. The molecule has 0 unspecified atom stereocenters. The van der Waals surface area contributed by atoms with Crippen LogP contribution in [-0.4, -0.2) is 11.6 Å². The van der Waals surface area contributed by atoms with Gasteiger partial charge in [0.15, 0.2) is 0 Å². The molecule has 2 rings (SSSR count). The Hall–Kier alpha value is -2.03. The molecule has 0 aliphatic carbocycles. The molecule has 1 aromatic heterocycles. The van der Waals surface area contributed by atoms with Crippen LogP contribution in [0.15, 0.2) is 48.8 Å². The predicted octanol–water partition coefficient (Wildman–Crippen LogP) is 3.09. The van der Waals surface area contributed by atoms with E-state index >= 15 is 0 Å². The molecule has 0 aliphatic heterocycles. The smallest absolute Gasteiger partial charge is 0.119 e. The van der Waals surface area contributed by atoms with E-state index in [2.05, 4.69) is 22.4 Å². The van der Waals surface area contributed by atoms with Crippen molar-refractivity contribution in [1.82, 2.24) is 4.98 Å². The van der Waals surface area contributed by atoms with Crippen LogP contribution in [-0.2, 0) is 6.54 Å². The van der Waals surface area contributed by atoms with Crippen LogP contribution in [0.25, 0.3) is 0 Å². The van der Waals surface area contributed by atoms with Crippen LogP contribution in [0.4, 0.5) is 5.69 Å². The first-order chi connectivity index (χ1) is 8.38. The van der Waals surface area contributed by atoms with E-state index in [9.17, 15) is 0 Å². The minimum Gasteiger partial charge on any atom is -0.494 e. The summed E-state index contributed by atoms with van der Waals surface area (Å²) in [5.41, 5.74) is 2.27. The van der Waals surface area contributed by atoms with Gasteiger partial charge in [-0.15, -0.1) is 0 Å². The number of hydrogen-bond acceptors (Lipinski definition) is 3. The first kappa shape index (κ1) is 11.5. The van der Waals surface area contributed by atoms with Crippen LogP contribution in [0.1, 0.15) is 12.5 Å². The maximum absolute atomic E-state index is 5.46. The van der Waals surface area contributed by atoms with Crippen molar-refractivity contribution >= 4 is 5.69 Å². The molecule has 1 N–H and O–H groups in total. The van der Waals surface area contributed by atoms with Crippen molar-refractivity contribution in [2.24, 2.45) is 0 Å². The topological polar surface area (TPSA) is 34.1 Å². The number of ether oxygens (including phenoxy) is 1. The van der Waals surface area contributed by atoms with Gasteiger partial charge in [-0.05, 0) is 36.8 Å². The van der Waals surface area contributed by atoms with Gasteiger partial charge in [0.05, 0.1) is 6.61 Å². The number of aromatic nitrogens is 1. The summed E-state index contributed by atoms with van der Waals surface area (Å²) in [7, 11) is 0. The maximum Gasteiger partial charge on any atom is 0.119 e. The van der Waals surface area contributed by atoms with Crippen LogP contribution in [0.3, 0.4) is 0 Å². The van der Waals surface area contributed by atoms with Gasteiger partial charge in [-0.3, -0.25) is 4.98 Å². The van der Waals surface area contributed by atoms with E-state index in [1.165, 1.54) is 5.56 Å². The fraction of sp³-hybridized carbons (Fsp3) is 0.214. The Morgan fingerprint density at radius 3 is 2.76 bits per heavy atom. The largest absolute Gasteiger partial charge is 0.494 e. The average Bonchev–Trinajstić information content (AvgIpc) is 2.39. The molecule has 0 atom stereocenters. The first-order valence-electron chi connectivity index (χ1n) is 5.74. The molecule has 1 heterocycles. The normalized spacial score (nSPS) is 9.94. The summed E-state index contributed by atoms with van der Waals surface area (Å²) >= 11 is 0. The number of nitrogens with zero attached hydrogens (tertiary/aromatic N) is 1. The Labute approximate surface area is 101 Å². The van der Waals surface area contributed by atoms with Gasteiger partial charge in [-0.25, -0.2) is 0 Å². The van der Waals surface area contributed by atoms with Crippen LogP contribution >= 0.6 is 0 Å². The molecule has 3 nitrogen and oxygen atoms in total. The standard InChI is InChI=1S/C14H16N2O/c1-2-17-14-5-3-4-12(10-14)11-16-13-6-8-15-9-7-13/h3-10H,2,11H2,1H3,(H,15,16). The lowest BCUT2D eigenvalue weighted by molar-refractivity contribution is 0.340. The van der Waals surface area contributed by atoms with Gasteiger partial charge in [-0.1, -0.05) is 12.1 Å². The number of hydrogen-bond donors (Lipinski definition) is 1. The second kappa shape index (κ2) is 5.89. The third-order valence-corrected chi connectivity index (χ3v) is 2.39. The Balaban J connectivity index is 1.97. The fourth-order valence-electron chi connectivity index (χ4n) is 1.59. The van der Waals surface area contributed by atoms with Gasteiger partial charge in [0.25, 0.3) is 0 Å². The lowest BCUT2D eigenvalue weighted by atomic mass is 10.2. The number of anilines is 1. The highest BCUT2D eigenvalue weighted by molar-refractivity contribution is 5.42. The zero-order valence-corrected chi connectivity index (χ0v) is 9.89. The lowest BCUT2D eigenvalue weighted by Gasteiger charge is -2.08. The molecule has 2 aromatic rings. The quantitative estimate of drug-likeness (QED) is 0.853. The third-order valence-electron chi connectivity index (χ3n) is 2.39. The highest BCUT2D eigenvalue weighted by atomic mass is 16.5. The molecule has 0 saturated heterocycles. The molecule has 0 radical (unpaired) electrons. The second-order valence-corrected chi connectivity index (χ2v) is 3.67. The maximum atomic E-state index is 5.46. The number of pyridine rings is 1. The van der Waals surface area contributed by atoms with Crippen molar-refractivity contribution in [2.45, 2.75) is 13.5 Å². The summed E-state index contributed by atoms with van der Waals surface area (Å²) in [5.74, 6) is 0.918. The first-order valence-corrected chi connectivity index (χ1v) is 5.74. The van der Waals surface area contributed by atoms with Gasteiger partial charge in [-0.2, -0.15) is 0 Å². The molecule has 88 valence electrons. The number of rotatable bonds is 5. The molecule has 17 heavy (non-hydrogen) atoms. The molecule has 0 saturated carbocycles. The van der Waals surface area contributed by atoms with Gasteiger partial charge >= 0.3 is 0 Å². The monoisotopic (exact) mass is 228 g/mol. The third kappa shape index (κ3) is 3.48. The van der Waals surface area contributed by atoms with E-state index in [1.807, 2.05) is 31.2 Å². The van der Waals surface area contributed by atoms with Gasteiger partial charge in [0.2, 0.25) is 0 Å². The summed E-state index contributed by atoms with van der Waals surface area (Å²) in [6.07, 6.45) is 3.55. The van der Waals surface area contributed by atoms with Crippen LogP contribution in [0.5, 0.6) is 5.75 Å². The Morgan fingerprint density at radius 1 is 1.18 bits per heavy atom. The van der Waals surface area contributed by atoms with Crippen molar-refractivity contribution in [3.63, 3.8) is 0 Å². The zero-order valence-electron chi connectivity index (χ0n) is 9.89. The Morgan fingerprint density at radius 2 is 2.00 bits per heavy atom. The van der Waals surface area contributed by atoms with Crippen LogP contribution < -0.4 is 10.1 Å². The highest BCUT2D eigenvalue weighted by Gasteiger charge is 1.96. The summed E-state index contributed by atoms with van der Waals surface area (Å²) in [5, 5.41) is 3.33. The Kier molecular flexibility index (Phi) is 3.97. The summed E-state index contributed by atoms with van der Waals surface area (Å²) in [4.78, 5) is 3.98. The van der Waals surface area contributed by atoms with Crippen molar-refractivity contribution in [2.75, 3.05) is 11.9 Å². The SMILES string of the molecule is CCOc1cccc(CNc2ccncc2)c1. The molecule has 0 spiro atoms. The molecule has 0 aliphatic rings. The highest BCUT2D eigenvalue weighted by Crippen LogP contribution is 2.14. The minimum absolute atomic E-state index is 0.696. The molecule has 0 bridgehead atoms. The number of nitrogens with one attached hydrogen (secondary N) is 1. The van der Waals surface area contributed by atoms with Crippen molar-refractivity contribution < 1.29 is 4.74 Å². The summed E-state index contributed by atoms with van der Waals surface area (Å²) in [6, 6.07) is 12.0. The van der Waals surface area contributed by atoms with Gasteiger partial charge in [0.1, 0.15) is 5.75 Å². The molecule has 3 heteroatoms. The van der Waals surface area contributed by atoms with Crippen molar-refractivity contribution in [3.05, 3.63) is 54.4 Å².